The van der Waals surface area contributed by atoms with Crippen molar-refractivity contribution in [3.05, 3.63) is 35.4 Å². The Morgan fingerprint density at radius 3 is 2.33 bits per heavy atom. The molecule has 0 bridgehead atoms. The van der Waals surface area contributed by atoms with Gasteiger partial charge < -0.3 is 16.0 Å². The Labute approximate surface area is 146 Å². The maximum absolute atomic E-state index is 12.1. The van der Waals surface area contributed by atoms with Crippen LogP contribution in [0.25, 0.3) is 0 Å². The van der Waals surface area contributed by atoms with Gasteiger partial charge in [0.1, 0.15) is 0 Å². The van der Waals surface area contributed by atoms with Crippen LogP contribution in [0.1, 0.15) is 56.5 Å². The van der Waals surface area contributed by atoms with Crippen molar-refractivity contribution in [2.75, 3.05) is 13.6 Å². The van der Waals surface area contributed by atoms with E-state index in [1.165, 1.54) is 0 Å². The van der Waals surface area contributed by atoms with Crippen LogP contribution in [0.4, 0.5) is 0 Å². The van der Waals surface area contributed by atoms with Gasteiger partial charge in [-0.3, -0.25) is 9.79 Å². The number of hydrogen-bond donors (Lipinski definition) is 3. The van der Waals surface area contributed by atoms with E-state index in [2.05, 4.69) is 41.7 Å². The van der Waals surface area contributed by atoms with E-state index in [0.717, 1.165) is 30.9 Å². The molecule has 1 amide bonds. The minimum Gasteiger partial charge on any atom is -0.356 e. The van der Waals surface area contributed by atoms with Crippen LogP contribution < -0.4 is 16.0 Å². The second-order valence-corrected chi connectivity index (χ2v) is 6.51. The molecule has 5 heteroatoms. The predicted octanol–water partition coefficient (Wildman–Crippen LogP) is 2.93. The first-order chi connectivity index (χ1) is 11.5. The summed E-state index contributed by atoms with van der Waals surface area (Å²) in [4.78, 5) is 16.3. The SMILES string of the molecule is CCC(C)NC(=O)c1ccc(CNC(=NC)NCCC(C)C)cc1. The molecule has 0 heterocycles. The lowest BCUT2D eigenvalue weighted by molar-refractivity contribution is 0.0939. The molecular formula is C19H32N4O. The van der Waals surface area contributed by atoms with Gasteiger partial charge in [-0.1, -0.05) is 32.9 Å². The molecule has 24 heavy (non-hydrogen) atoms. The number of guanidine groups is 1. The van der Waals surface area contributed by atoms with E-state index in [4.69, 9.17) is 0 Å². The largest absolute Gasteiger partial charge is 0.356 e. The highest BCUT2D eigenvalue weighted by Gasteiger charge is 2.08. The molecule has 0 spiro atoms. The molecule has 0 aromatic heterocycles. The number of rotatable bonds is 8. The van der Waals surface area contributed by atoms with Crippen LogP contribution in [-0.4, -0.2) is 31.5 Å². The number of hydrogen-bond acceptors (Lipinski definition) is 2. The predicted molar refractivity (Wildman–Crippen MR) is 101 cm³/mol. The number of aliphatic imine (C=N–C) groups is 1. The third kappa shape index (κ3) is 7.49. The summed E-state index contributed by atoms with van der Waals surface area (Å²) in [6, 6.07) is 7.87. The molecular weight excluding hydrogens is 300 g/mol. The fourth-order valence-corrected chi connectivity index (χ4v) is 2.07. The lowest BCUT2D eigenvalue weighted by Crippen LogP contribution is -2.37. The molecule has 1 aromatic rings. The van der Waals surface area contributed by atoms with Crippen molar-refractivity contribution in [3.8, 4) is 0 Å². The van der Waals surface area contributed by atoms with Crippen LogP contribution >= 0.6 is 0 Å². The van der Waals surface area contributed by atoms with Crippen LogP contribution in [0.3, 0.4) is 0 Å². The topological polar surface area (TPSA) is 65.5 Å². The molecule has 134 valence electrons. The minimum atomic E-state index is -0.0185. The Kier molecular flexibility index (Phi) is 8.90. The molecule has 0 saturated carbocycles. The summed E-state index contributed by atoms with van der Waals surface area (Å²) in [5.74, 6) is 1.45. The van der Waals surface area contributed by atoms with Gasteiger partial charge in [-0.25, -0.2) is 0 Å². The molecule has 0 aliphatic heterocycles. The molecule has 0 fully saturated rings. The molecule has 1 rings (SSSR count). The first-order valence-corrected chi connectivity index (χ1v) is 8.80. The quantitative estimate of drug-likeness (QED) is 0.506. The number of carbonyl (C=O) groups excluding carboxylic acids is 1. The van der Waals surface area contributed by atoms with Gasteiger partial charge in [0.05, 0.1) is 0 Å². The van der Waals surface area contributed by atoms with Crippen LogP contribution in [-0.2, 0) is 6.54 Å². The highest BCUT2D eigenvalue weighted by Crippen LogP contribution is 2.05. The first kappa shape index (κ1) is 20.0. The smallest absolute Gasteiger partial charge is 0.251 e. The van der Waals surface area contributed by atoms with Gasteiger partial charge in [-0.05, 0) is 43.4 Å². The fourth-order valence-electron chi connectivity index (χ4n) is 2.07. The summed E-state index contributed by atoms with van der Waals surface area (Å²) in [6.07, 6.45) is 2.04. The summed E-state index contributed by atoms with van der Waals surface area (Å²) in [5, 5.41) is 9.56. The first-order valence-electron chi connectivity index (χ1n) is 8.80. The number of carbonyl (C=O) groups is 1. The Bertz CT molecular complexity index is 523. The molecule has 0 saturated heterocycles. The van der Waals surface area contributed by atoms with Gasteiger partial charge in [0.25, 0.3) is 5.91 Å². The van der Waals surface area contributed by atoms with Gasteiger partial charge in [0, 0.05) is 31.7 Å². The van der Waals surface area contributed by atoms with Gasteiger partial charge in [0.15, 0.2) is 5.96 Å². The van der Waals surface area contributed by atoms with Crippen molar-refractivity contribution in [2.45, 2.75) is 53.1 Å². The number of nitrogens with one attached hydrogen (secondary N) is 3. The summed E-state index contributed by atoms with van der Waals surface area (Å²) in [6.45, 7) is 10.1. The van der Waals surface area contributed by atoms with Gasteiger partial charge in [-0.2, -0.15) is 0 Å². The van der Waals surface area contributed by atoms with Crippen molar-refractivity contribution >= 4 is 11.9 Å². The van der Waals surface area contributed by atoms with Crippen molar-refractivity contribution in [2.24, 2.45) is 10.9 Å². The van der Waals surface area contributed by atoms with Crippen LogP contribution in [0.2, 0.25) is 0 Å². The van der Waals surface area contributed by atoms with E-state index in [1.807, 2.05) is 31.2 Å². The number of benzene rings is 1. The number of amides is 1. The van der Waals surface area contributed by atoms with E-state index >= 15 is 0 Å². The van der Waals surface area contributed by atoms with Crippen LogP contribution in [0.5, 0.6) is 0 Å². The summed E-state index contributed by atoms with van der Waals surface area (Å²) in [5.41, 5.74) is 1.81. The fraction of sp³-hybridized carbons (Fsp3) is 0.579. The molecule has 5 nitrogen and oxygen atoms in total. The van der Waals surface area contributed by atoms with Crippen molar-refractivity contribution in [1.82, 2.24) is 16.0 Å². The molecule has 0 radical (unpaired) electrons. The molecule has 3 N–H and O–H groups in total. The van der Waals surface area contributed by atoms with Gasteiger partial charge in [-0.15, -0.1) is 0 Å². The Morgan fingerprint density at radius 2 is 1.79 bits per heavy atom. The van der Waals surface area contributed by atoms with E-state index in [9.17, 15) is 4.79 Å². The van der Waals surface area contributed by atoms with E-state index in [1.54, 1.807) is 7.05 Å². The van der Waals surface area contributed by atoms with Crippen LogP contribution in [0.15, 0.2) is 29.3 Å². The van der Waals surface area contributed by atoms with Gasteiger partial charge >= 0.3 is 0 Å². The Hall–Kier alpha value is -2.04. The highest BCUT2D eigenvalue weighted by molar-refractivity contribution is 5.94. The molecule has 0 aliphatic rings. The maximum Gasteiger partial charge on any atom is 0.251 e. The Morgan fingerprint density at radius 1 is 1.12 bits per heavy atom. The van der Waals surface area contributed by atoms with E-state index in [0.29, 0.717) is 18.0 Å². The standard InChI is InChI=1S/C19H32N4O/c1-6-15(4)23-18(24)17-9-7-16(8-10-17)13-22-19(20-5)21-12-11-14(2)3/h7-10,14-15H,6,11-13H2,1-5H3,(H,23,24)(H2,20,21,22). The molecule has 1 unspecified atom stereocenters. The summed E-state index contributed by atoms with van der Waals surface area (Å²) in [7, 11) is 1.77. The molecule has 1 aromatic carbocycles. The third-order valence-electron chi connectivity index (χ3n) is 3.90. The normalized spacial score (nSPS) is 12.8. The highest BCUT2D eigenvalue weighted by atomic mass is 16.1. The monoisotopic (exact) mass is 332 g/mol. The van der Waals surface area contributed by atoms with Crippen LogP contribution in [0, 0.1) is 5.92 Å². The Balaban J connectivity index is 2.47. The molecule has 1 atom stereocenters. The zero-order valence-electron chi connectivity index (χ0n) is 15.6. The lowest BCUT2D eigenvalue weighted by Gasteiger charge is -2.13. The maximum atomic E-state index is 12.1. The second kappa shape index (κ2) is 10.7. The molecule has 0 aliphatic carbocycles. The summed E-state index contributed by atoms with van der Waals surface area (Å²) >= 11 is 0. The van der Waals surface area contributed by atoms with Gasteiger partial charge in [0.2, 0.25) is 0 Å². The average molecular weight is 332 g/mol. The van der Waals surface area contributed by atoms with Crippen molar-refractivity contribution in [3.63, 3.8) is 0 Å². The van der Waals surface area contributed by atoms with Crippen molar-refractivity contribution in [1.29, 1.82) is 0 Å². The van der Waals surface area contributed by atoms with Crippen molar-refractivity contribution < 1.29 is 4.79 Å². The second-order valence-electron chi connectivity index (χ2n) is 6.51. The minimum absolute atomic E-state index is 0.0185. The lowest BCUT2D eigenvalue weighted by atomic mass is 10.1. The summed E-state index contributed by atoms with van der Waals surface area (Å²) < 4.78 is 0. The number of nitrogens with zero attached hydrogens (tertiary/aromatic N) is 1. The zero-order chi connectivity index (χ0) is 17.9. The average Bonchev–Trinajstić information content (AvgIpc) is 2.57. The zero-order valence-corrected chi connectivity index (χ0v) is 15.6. The van der Waals surface area contributed by atoms with E-state index in [-0.39, 0.29) is 11.9 Å². The third-order valence-corrected chi connectivity index (χ3v) is 3.90. The van der Waals surface area contributed by atoms with E-state index < -0.39 is 0 Å².